The van der Waals surface area contributed by atoms with Gasteiger partial charge in [-0.15, -0.1) is 0 Å². The van der Waals surface area contributed by atoms with Gasteiger partial charge in [0.25, 0.3) is 6.04 Å². The van der Waals surface area contributed by atoms with Gasteiger partial charge < -0.3 is 14.0 Å². The molecule has 0 N–H and O–H groups in total. The molecule has 3 rings (SSSR count). The summed E-state index contributed by atoms with van der Waals surface area (Å²) in [5.41, 5.74) is 1.78. The third kappa shape index (κ3) is 3.51. The number of carbonyl (C=O) groups is 1. The molecular weight excluding hydrogens is 382 g/mol. The van der Waals surface area contributed by atoms with Crippen molar-refractivity contribution >= 4 is 22.7 Å². The predicted octanol–water partition coefficient (Wildman–Crippen LogP) is 4.04. The summed E-state index contributed by atoms with van der Waals surface area (Å²) in [5, 5.41) is 9.61. The minimum absolute atomic E-state index is 0.138. The molecule has 0 aliphatic carbocycles. The van der Waals surface area contributed by atoms with Crippen LogP contribution in [0.2, 0.25) is 0 Å². The quantitative estimate of drug-likeness (QED) is 0.569. The molecule has 7 nitrogen and oxygen atoms in total. The van der Waals surface area contributed by atoms with E-state index in [9.17, 15) is 14.9 Å². The zero-order chi connectivity index (χ0) is 22.2. The van der Waals surface area contributed by atoms with Crippen molar-refractivity contribution in [3.63, 3.8) is 0 Å². The summed E-state index contributed by atoms with van der Waals surface area (Å²) in [6, 6.07) is 5.72. The zero-order valence-corrected chi connectivity index (χ0v) is 17.4. The van der Waals surface area contributed by atoms with Gasteiger partial charge in [-0.1, -0.05) is 6.07 Å². The van der Waals surface area contributed by atoms with Gasteiger partial charge in [-0.2, -0.15) is 5.26 Å². The first-order valence-corrected chi connectivity index (χ1v) is 9.50. The highest BCUT2D eigenvalue weighted by Gasteiger charge is 2.43. The molecule has 1 aromatic carbocycles. The lowest BCUT2D eigenvalue weighted by atomic mass is 9.79. The van der Waals surface area contributed by atoms with Gasteiger partial charge in [0.2, 0.25) is 0 Å². The van der Waals surface area contributed by atoms with E-state index in [0.717, 1.165) is 0 Å². The Balaban J connectivity index is 2.39. The third-order valence-electron chi connectivity index (χ3n) is 4.98. The number of hydrogen-bond donors (Lipinski definition) is 0. The number of ether oxygens (including phenoxy) is 1. The third-order valence-corrected chi connectivity index (χ3v) is 4.98. The Hall–Kier alpha value is -3.71. The average molecular weight is 403 g/mol. The fourth-order valence-electron chi connectivity index (χ4n) is 3.80. The summed E-state index contributed by atoms with van der Waals surface area (Å²) in [6.07, 6.45) is -0.352. The summed E-state index contributed by atoms with van der Waals surface area (Å²) in [5.74, 6) is -0.937. The molecule has 2 unspecified atom stereocenters. The summed E-state index contributed by atoms with van der Waals surface area (Å²) in [6.45, 7) is 16.3. The molecule has 1 aromatic heterocycles. The lowest BCUT2D eigenvalue weighted by molar-refractivity contribution is -0.143. The molecule has 2 heterocycles. The van der Waals surface area contributed by atoms with E-state index in [-0.39, 0.29) is 33.6 Å². The van der Waals surface area contributed by atoms with Crippen molar-refractivity contribution in [2.75, 3.05) is 0 Å². The number of esters is 1. The SMILES string of the molecule is [C-]#[N+]C1C(C)=NC(C)=C(C(=O)OC(C)C)C1c1ccc(C#N)c2c(=O)cc(C)oc12. The molecular formula is C23H21N3O4. The van der Waals surface area contributed by atoms with E-state index >= 15 is 0 Å². The second-order valence-corrected chi connectivity index (χ2v) is 7.50. The maximum absolute atomic E-state index is 13.0. The van der Waals surface area contributed by atoms with E-state index in [1.54, 1.807) is 40.7 Å². The van der Waals surface area contributed by atoms with Gasteiger partial charge in [0.1, 0.15) is 23.3 Å². The van der Waals surface area contributed by atoms with Crippen molar-refractivity contribution in [2.24, 2.45) is 4.99 Å². The normalized spacial score (nSPS) is 18.7. The highest BCUT2D eigenvalue weighted by Crippen LogP contribution is 2.40. The lowest BCUT2D eigenvalue weighted by Gasteiger charge is -2.27. The molecule has 152 valence electrons. The monoisotopic (exact) mass is 403 g/mol. The fraction of sp³-hybridized carbons (Fsp3) is 0.348. The van der Waals surface area contributed by atoms with E-state index in [1.807, 2.05) is 6.07 Å². The molecule has 2 atom stereocenters. The van der Waals surface area contributed by atoms with Crippen LogP contribution in [0.25, 0.3) is 15.8 Å². The van der Waals surface area contributed by atoms with Crippen LogP contribution in [-0.2, 0) is 9.53 Å². The Kier molecular flexibility index (Phi) is 5.58. The summed E-state index contributed by atoms with van der Waals surface area (Å²) < 4.78 is 11.3. The lowest BCUT2D eigenvalue weighted by Crippen LogP contribution is -2.33. The Bertz CT molecular complexity index is 1250. The Morgan fingerprint density at radius 1 is 1.33 bits per heavy atom. The molecule has 0 saturated carbocycles. The molecule has 0 bridgehead atoms. The van der Waals surface area contributed by atoms with Crippen molar-refractivity contribution < 1.29 is 13.9 Å². The molecule has 30 heavy (non-hydrogen) atoms. The van der Waals surface area contributed by atoms with E-state index in [0.29, 0.717) is 22.7 Å². The van der Waals surface area contributed by atoms with Gasteiger partial charge in [-0.25, -0.2) is 11.4 Å². The van der Waals surface area contributed by atoms with Crippen LogP contribution in [0.15, 0.2) is 43.7 Å². The van der Waals surface area contributed by atoms with Crippen LogP contribution in [-0.4, -0.2) is 23.8 Å². The average Bonchev–Trinajstić information content (AvgIpc) is 2.65. The highest BCUT2D eigenvalue weighted by molar-refractivity contribution is 6.01. The molecule has 0 spiro atoms. The van der Waals surface area contributed by atoms with Gasteiger partial charge in [0.15, 0.2) is 5.43 Å². The molecule has 0 saturated heterocycles. The number of benzene rings is 1. The topological polar surface area (TPSA) is 97.0 Å². The van der Waals surface area contributed by atoms with Crippen LogP contribution in [0, 0.1) is 24.8 Å². The largest absolute Gasteiger partial charge is 0.461 e. The van der Waals surface area contributed by atoms with Crippen LogP contribution in [0.4, 0.5) is 0 Å². The summed E-state index contributed by atoms with van der Waals surface area (Å²) in [4.78, 5) is 33.7. The van der Waals surface area contributed by atoms with E-state index in [2.05, 4.69) is 9.84 Å². The fourth-order valence-corrected chi connectivity index (χ4v) is 3.80. The molecule has 0 radical (unpaired) electrons. The number of nitrogens with zero attached hydrogens (tertiary/aromatic N) is 3. The van der Waals surface area contributed by atoms with Gasteiger partial charge in [-0.05, 0) is 40.7 Å². The number of aliphatic imine (C=N–C) groups is 1. The number of allylic oxidation sites excluding steroid dienone is 1. The summed E-state index contributed by atoms with van der Waals surface area (Å²) in [7, 11) is 0. The van der Waals surface area contributed by atoms with Crippen LogP contribution in [0.1, 0.15) is 50.5 Å². The van der Waals surface area contributed by atoms with Crippen molar-refractivity contribution in [1.29, 1.82) is 5.26 Å². The van der Waals surface area contributed by atoms with Gasteiger partial charge in [0.05, 0.1) is 28.3 Å². The van der Waals surface area contributed by atoms with Crippen LogP contribution in [0.3, 0.4) is 0 Å². The Labute approximate surface area is 174 Å². The molecule has 1 aliphatic rings. The number of rotatable bonds is 3. The molecule has 0 amide bonds. The van der Waals surface area contributed by atoms with Crippen molar-refractivity contribution in [1.82, 2.24) is 0 Å². The number of nitriles is 1. The highest BCUT2D eigenvalue weighted by atomic mass is 16.5. The van der Waals surface area contributed by atoms with Gasteiger partial charge >= 0.3 is 5.97 Å². The van der Waals surface area contributed by atoms with Crippen molar-refractivity contribution in [2.45, 2.75) is 52.7 Å². The maximum Gasteiger partial charge on any atom is 0.337 e. The minimum atomic E-state index is -0.773. The molecule has 1 aliphatic heterocycles. The van der Waals surface area contributed by atoms with Crippen LogP contribution < -0.4 is 5.43 Å². The smallest absolute Gasteiger partial charge is 0.337 e. The van der Waals surface area contributed by atoms with Crippen LogP contribution >= 0.6 is 0 Å². The first-order valence-electron chi connectivity index (χ1n) is 9.50. The van der Waals surface area contributed by atoms with Crippen molar-refractivity contribution in [3.8, 4) is 6.07 Å². The molecule has 2 aromatic rings. The van der Waals surface area contributed by atoms with E-state index in [4.69, 9.17) is 15.7 Å². The minimum Gasteiger partial charge on any atom is -0.461 e. The Morgan fingerprint density at radius 2 is 2.03 bits per heavy atom. The van der Waals surface area contributed by atoms with Crippen molar-refractivity contribution in [3.05, 3.63) is 68.0 Å². The number of aryl methyl sites for hydroxylation is 1. The number of fused-ring (bicyclic) bond motifs is 1. The first kappa shape index (κ1) is 21.0. The van der Waals surface area contributed by atoms with E-state index in [1.165, 1.54) is 12.1 Å². The predicted molar refractivity (Wildman–Crippen MR) is 112 cm³/mol. The molecule has 0 fully saturated rings. The standard InChI is InChI=1S/C23H21N3O4/c1-11(2)29-23(28)18-13(4)26-14(5)21(25-6)20(18)16-8-7-15(10-24)19-17(27)9-12(3)30-22(16)19/h7-9,11,20-21H,1-5H3. The van der Waals surface area contributed by atoms with Gasteiger partial charge in [0, 0.05) is 17.3 Å². The number of carbonyl (C=O) groups excluding carboxylic acids is 1. The number of hydrogen-bond acceptors (Lipinski definition) is 6. The maximum atomic E-state index is 13.0. The summed E-state index contributed by atoms with van der Waals surface area (Å²) >= 11 is 0. The van der Waals surface area contributed by atoms with E-state index < -0.39 is 17.9 Å². The van der Waals surface area contributed by atoms with Crippen LogP contribution in [0.5, 0.6) is 0 Å². The first-order chi connectivity index (χ1) is 14.2. The second-order valence-electron chi connectivity index (χ2n) is 7.50. The molecule has 7 heteroatoms. The van der Waals surface area contributed by atoms with Gasteiger partial charge in [-0.3, -0.25) is 9.79 Å². The zero-order valence-electron chi connectivity index (χ0n) is 17.4. The second kappa shape index (κ2) is 7.96. The Morgan fingerprint density at radius 3 is 2.63 bits per heavy atom.